The molecular weight excluding hydrogens is 435 g/mol. The molecule has 29 heavy (non-hydrogen) atoms. The van der Waals surface area contributed by atoms with Gasteiger partial charge in [-0.2, -0.15) is 5.10 Å². The second kappa shape index (κ2) is 9.56. The lowest BCUT2D eigenvalue weighted by atomic mass is 10.2. The van der Waals surface area contributed by atoms with Gasteiger partial charge in [-0.05, 0) is 60.2 Å². The number of hydrogen-bond acceptors (Lipinski definition) is 4. The minimum atomic E-state index is -0.513. The normalized spacial score (nSPS) is 10.7. The van der Waals surface area contributed by atoms with E-state index in [4.69, 9.17) is 39.5 Å². The molecule has 146 valence electrons. The molecular formula is C21H13Cl3N2O3. The molecule has 8 heteroatoms. The van der Waals surface area contributed by atoms with Crippen LogP contribution in [0, 0.1) is 0 Å². The number of nitrogens with zero attached hydrogens (tertiary/aromatic N) is 1. The van der Waals surface area contributed by atoms with Crippen LogP contribution in [-0.2, 0) is 0 Å². The van der Waals surface area contributed by atoms with Crippen LogP contribution in [0.5, 0.6) is 5.75 Å². The second-order valence-electron chi connectivity index (χ2n) is 5.79. The van der Waals surface area contributed by atoms with E-state index in [1.54, 1.807) is 54.6 Å². The van der Waals surface area contributed by atoms with E-state index in [2.05, 4.69) is 10.5 Å². The molecule has 1 amide bonds. The van der Waals surface area contributed by atoms with Gasteiger partial charge < -0.3 is 4.74 Å². The number of hydrazone groups is 1. The first-order valence-corrected chi connectivity index (χ1v) is 9.42. The summed E-state index contributed by atoms with van der Waals surface area (Å²) >= 11 is 17.6. The first-order chi connectivity index (χ1) is 13.9. The van der Waals surface area contributed by atoms with Gasteiger partial charge in [0.1, 0.15) is 5.75 Å². The van der Waals surface area contributed by atoms with E-state index in [1.807, 2.05) is 0 Å². The highest BCUT2D eigenvalue weighted by atomic mass is 35.5. The molecule has 0 bridgehead atoms. The maximum Gasteiger partial charge on any atom is 0.343 e. The first kappa shape index (κ1) is 20.9. The number of benzene rings is 3. The lowest BCUT2D eigenvalue weighted by Gasteiger charge is -2.05. The standard InChI is InChI=1S/C21H13Cl3N2O3/c22-15-6-4-14(5-7-15)21(28)29-17-3-1-2-13(10-17)12-25-26-20(27)18-9-8-16(23)11-19(18)24/h1-12H,(H,26,27)/b25-12+. The molecule has 0 spiro atoms. The zero-order valence-electron chi connectivity index (χ0n) is 14.7. The topological polar surface area (TPSA) is 67.8 Å². The van der Waals surface area contributed by atoms with E-state index in [9.17, 15) is 9.59 Å². The molecule has 0 aromatic heterocycles. The van der Waals surface area contributed by atoms with Crippen molar-refractivity contribution in [3.05, 3.63) is 98.5 Å². The summed E-state index contributed by atoms with van der Waals surface area (Å²) in [5, 5.41) is 5.08. The van der Waals surface area contributed by atoms with Crippen molar-refractivity contribution in [1.29, 1.82) is 0 Å². The molecule has 0 unspecified atom stereocenters. The number of nitrogens with one attached hydrogen (secondary N) is 1. The largest absolute Gasteiger partial charge is 0.423 e. The molecule has 0 saturated heterocycles. The molecule has 0 saturated carbocycles. The van der Waals surface area contributed by atoms with Gasteiger partial charge in [-0.3, -0.25) is 4.79 Å². The van der Waals surface area contributed by atoms with Crippen LogP contribution >= 0.6 is 34.8 Å². The number of hydrogen-bond donors (Lipinski definition) is 1. The van der Waals surface area contributed by atoms with Crippen molar-refractivity contribution in [1.82, 2.24) is 5.43 Å². The summed E-state index contributed by atoms with van der Waals surface area (Å²) in [6, 6.07) is 17.6. The van der Waals surface area contributed by atoms with E-state index in [1.165, 1.54) is 18.3 Å². The van der Waals surface area contributed by atoms with Crippen LogP contribution in [-0.4, -0.2) is 18.1 Å². The van der Waals surface area contributed by atoms with Gasteiger partial charge in [0.2, 0.25) is 0 Å². The van der Waals surface area contributed by atoms with E-state index in [0.717, 1.165) is 0 Å². The molecule has 0 aliphatic carbocycles. The third-order valence-electron chi connectivity index (χ3n) is 3.70. The third-order valence-corrected chi connectivity index (χ3v) is 4.50. The van der Waals surface area contributed by atoms with Crippen LogP contribution in [0.3, 0.4) is 0 Å². The van der Waals surface area contributed by atoms with Crippen molar-refractivity contribution < 1.29 is 14.3 Å². The fraction of sp³-hybridized carbons (Fsp3) is 0. The lowest BCUT2D eigenvalue weighted by molar-refractivity contribution is 0.0734. The van der Waals surface area contributed by atoms with Crippen LogP contribution in [0.25, 0.3) is 0 Å². The summed E-state index contributed by atoms with van der Waals surface area (Å²) in [5.74, 6) is -0.657. The van der Waals surface area contributed by atoms with Crippen molar-refractivity contribution in [3.63, 3.8) is 0 Å². The Kier molecular flexibility index (Phi) is 6.88. The highest BCUT2D eigenvalue weighted by molar-refractivity contribution is 6.36. The van der Waals surface area contributed by atoms with Gasteiger partial charge in [0, 0.05) is 10.0 Å². The van der Waals surface area contributed by atoms with Gasteiger partial charge >= 0.3 is 5.97 Å². The van der Waals surface area contributed by atoms with Crippen LogP contribution in [0.4, 0.5) is 0 Å². The number of amides is 1. The quantitative estimate of drug-likeness (QED) is 0.238. The van der Waals surface area contributed by atoms with Crippen molar-refractivity contribution in [3.8, 4) is 5.75 Å². The predicted molar refractivity (Wildman–Crippen MR) is 114 cm³/mol. The SMILES string of the molecule is O=C(Oc1cccc(/C=N/NC(=O)c2ccc(Cl)cc2Cl)c1)c1ccc(Cl)cc1. The van der Waals surface area contributed by atoms with Crippen molar-refractivity contribution in [2.75, 3.05) is 0 Å². The average molecular weight is 448 g/mol. The summed E-state index contributed by atoms with van der Waals surface area (Å²) < 4.78 is 5.34. The van der Waals surface area contributed by atoms with Crippen LogP contribution < -0.4 is 10.2 Å². The van der Waals surface area contributed by atoms with E-state index < -0.39 is 11.9 Å². The van der Waals surface area contributed by atoms with Crippen molar-refractivity contribution in [2.45, 2.75) is 0 Å². The summed E-state index contributed by atoms with van der Waals surface area (Å²) in [7, 11) is 0. The Balaban J connectivity index is 1.64. The summed E-state index contributed by atoms with van der Waals surface area (Å²) in [6.07, 6.45) is 1.42. The number of carbonyl (C=O) groups is 2. The maximum atomic E-state index is 12.2. The van der Waals surface area contributed by atoms with E-state index in [0.29, 0.717) is 26.9 Å². The smallest absolute Gasteiger partial charge is 0.343 e. The second-order valence-corrected chi connectivity index (χ2v) is 7.07. The molecule has 0 heterocycles. The molecule has 0 fully saturated rings. The number of carbonyl (C=O) groups excluding carboxylic acids is 2. The molecule has 5 nitrogen and oxygen atoms in total. The summed E-state index contributed by atoms with van der Waals surface area (Å²) in [4.78, 5) is 24.3. The Labute approximate surface area is 181 Å². The molecule has 0 radical (unpaired) electrons. The number of rotatable bonds is 5. The van der Waals surface area contributed by atoms with Crippen molar-refractivity contribution >= 4 is 52.9 Å². The number of halogens is 3. The minimum absolute atomic E-state index is 0.223. The number of ether oxygens (including phenoxy) is 1. The lowest BCUT2D eigenvalue weighted by Crippen LogP contribution is -2.18. The predicted octanol–water partition coefficient (Wildman–Crippen LogP) is 5.63. The van der Waals surface area contributed by atoms with Gasteiger partial charge in [-0.15, -0.1) is 0 Å². The van der Waals surface area contributed by atoms with E-state index in [-0.39, 0.29) is 10.6 Å². The van der Waals surface area contributed by atoms with Gasteiger partial charge in [-0.25, -0.2) is 10.2 Å². The maximum absolute atomic E-state index is 12.2. The summed E-state index contributed by atoms with van der Waals surface area (Å²) in [5.41, 5.74) is 3.63. The highest BCUT2D eigenvalue weighted by Gasteiger charge is 2.10. The highest BCUT2D eigenvalue weighted by Crippen LogP contribution is 2.21. The van der Waals surface area contributed by atoms with Crippen LogP contribution in [0.2, 0.25) is 15.1 Å². The van der Waals surface area contributed by atoms with E-state index >= 15 is 0 Å². The van der Waals surface area contributed by atoms with Gasteiger partial charge in [0.05, 0.1) is 22.4 Å². The van der Waals surface area contributed by atoms with Gasteiger partial charge in [0.15, 0.2) is 0 Å². The van der Waals surface area contributed by atoms with Crippen LogP contribution in [0.15, 0.2) is 71.8 Å². The minimum Gasteiger partial charge on any atom is -0.423 e. The van der Waals surface area contributed by atoms with Crippen LogP contribution in [0.1, 0.15) is 26.3 Å². The molecule has 1 N–H and O–H groups in total. The monoisotopic (exact) mass is 446 g/mol. The third kappa shape index (κ3) is 5.81. The van der Waals surface area contributed by atoms with Gasteiger partial charge in [-0.1, -0.05) is 46.9 Å². The summed E-state index contributed by atoms with van der Waals surface area (Å²) in [6.45, 7) is 0. The Morgan fingerprint density at radius 3 is 2.34 bits per heavy atom. The average Bonchev–Trinajstić information content (AvgIpc) is 2.68. The Morgan fingerprint density at radius 1 is 0.897 bits per heavy atom. The fourth-order valence-electron chi connectivity index (χ4n) is 2.31. The Hall–Kier alpha value is -2.86. The molecule has 3 aromatic rings. The molecule has 0 atom stereocenters. The zero-order valence-corrected chi connectivity index (χ0v) is 17.0. The zero-order chi connectivity index (χ0) is 20.8. The molecule has 3 rings (SSSR count). The molecule has 0 aliphatic heterocycles. The Bertz CT molecular complexity index is 1080. The fourth-order valence-corrected chi connectivity index (χ4v) is 2.93. The molecule has 3 aromatic carbocycles. The first-order valence-electron chi connectivity index (χ1n) is 8.28. The Morgan fingerprint density at radius 2 is 1.62 bits per heavy atom. The van der Waals surface area contributed by atoms with Crippen molar-refractivity contribution in [2.24, 2.45) is 5.10 Å². The van der Waals surface area contributed by atoms with Gasteiger partial charge in [0.25, 0.3) is 5.91 Å². The number of esters is 1. The molecule has 0 aliphatic rings.